The van der Waals surface area contributed by atoms with E-state index < -0.39 is 0 Å². The second kappa shape index (κ2) is 6.55. The Labute approximate surface area is 141 Å². The number of aromatic nitrogens is 4. The van der Waals surface area contributed by atoms with Crippen molar-refractivity contribution in [1.82, 2.24) is 23.6 Å². The van der Waals surface area contributed by atoms with Crippen LogP contribution in [-0.4, -0.2) is 36.7 Å². The smallest absolute Gasteiger partial charge is 0.321 e. The zero-order valence-electron chi connectivity index (χ0n) is 15.1. The first-order chi connectivity index (χ1) is 11.4. The van der Waals surface area contributed by atoms with Crippen molar-refractivity contribution >= 4 is 11.2 Å². The fourth-order valence-electron chi connectivity index (χ4n) is 3.50. The lowest BCUT2D eigenvalue weighted by atomic mass is 9.99. The third-order valence-electron chi connectivity index (χ3n) is 5.12. The molecule has 0 spiro atoms. The molecule has 7 heteroatoms. The van der Waals surface area contributed by atoms with Gasteiger partial charge in [0.05, 0.1) is 6.54 Å². The van der Waals surface area contributed by atoms with Gasteiger partial charge in [-0.15, -0.1) is 0 Å². The largest absolute Gasteiger partial charge is 0.332 e. The van der Waals surface area contributed by atoms with Gasteiger partial charge < -0.3 is 4.57 Å². The van der Waals surface area contributed by atoms with Crippen molar-refractivity contribution in [2.45, 2.75) is 46.2 Å². The van der Waals surface area contributed by atoms with Crippen LogP contribution in [0.1, 0.15) is 38.9 Å². The molecular weight excluding hydrogens is 306 g/mol. The molecule has 0 N–H and O–H groups in total. The van der Waals surface area contributed by atoms with Crippen LogP contribution in [-0.2, 0) is 27.2 Å². The Kier molecular flexibility index (Phi) is 4.62. The number of aryl methyl sites for hydroxylation is 2. The van der Waals surface area contributed by atoms with Crippen molar-refractivity contribution in [2.75, 3.05) is 13.1 Å². The van der Waals surface area contributed by atoms with E-state index in [9.17, 15) is 9.59 Å². The Morgan fingerprint density at radius 2 is 1.79 bits per heavy atom. The average molecular weight is 333 g/mol. The Balaban J connectivity index is 2.09. The maximum absolute atomic E-state index is 12.6. The van der Waals surface area contributed by atoms with Crippen molar-refractivity contribution in [3.05, 3.63) is 26.7 Å². The minimum absolute atomic E-state index is 0.257. The summed E-state index contributed by atoms with van der Waals surface area (Å²) in [6, 6.07) is 0. The van der Waals surface area contributed by atoms with Gasteiger partial charge in [0.2, 0.25) is 0 Å². The maximum Gasteiger partial charge on any atom is 0.332 e. The van der Waals surface area contributed by atoms with Crippen LogP contribution >= 0.6 is 0 Å². The van der Waals surface area contributed by atoms with Crippen molar-refractivity contribution in [1.29, 1.82) is 0 Å². The Hall–Kier alpha value is -1.89. The number of imidazole rings is 1. The van der Waals surface area contributed by atoms with Gasteiger partial charge in [-0.05, 0) is 38.3 Å². The van der Waals surface area contributed by atoms with E-state index in [-0.39, 0.29) is 11.2 Å². The Morgan fingerprint density at radius 3 is 2.42 bits per heavy atom. The van der Waals surface area contributed by atoms with Crippen LogP contribution in [0, 0.1) is 5.92 Å². The molecule has 0 bridgehead atoms. The number of fused-ring (bicyclic) bond motifs is 1. The summed E-state index contributed by atoms with van der Waals surface area (Å²) in [6.45, 7) is 7.98. The highest BCUT2D eigenvalue weighted by Gasteiger charge is 2.22. The molecule has 24 heavy (non-hydrogen) atoms. The Bertz CT molecular complexity index is 852. The lowest BCUT2D eigenvalue weighted by molar-refractivity contribution is 0.179. The van der Waals surface area contributed by atoms with Gasteiger partial charge in [0.25, 0.3) is 5.56 Å². The second-order valence-electron chi connectivity index (χ2n) is 7.02. The van der Waals surface area contributed by atoms with E-state index in [1.807, 2.05) is 4.57 Å². The summed E-state index contributed by atoms with van der Waals surface area (Å²) in [5, 5.41) is 0. The highest BCUT2D eigenvalue weighted by molar-refractivity contribution is 5.71. The van der Waals surface area contributed by atoms with Crippen LogP contribution in [0.5, 0.6) is 0 Å². The van der Waals surface area contributed by atoms with Gasteiger partial charge >= 0.3 is 5.69 Å². The number of likely N-dealkylation sites (tertiary alicyclic amines) is 1. The number of nitrogens with zero attached hydrogens (tertiary/aromatic N) is 5. The lowest BCUT2D eigenvalue weighted by Crippen LogP contribution is -2.37. The minimum atomic E-state index is -0.327. The molecule has 1 aliphatic heterocycles. The van der Waals surface area contributed by atoms with Crippen LogP contribution in [0.2, 0.25) is 0 Å². The molecule has 2 aromatic rings. The van der Waals surface area contributed by atoms with E-state index in [1.54, 1.807) is 7.05 Å². The monoisotopic (exact) mass is 333 g/mol. The van der Waals surface area contributed by atoms with Crippen LogP contribution in [0.15, 0.2) is 9.59 Å². The third-order valence-corrected chi connectivity index (χ3v) is 5.12. The van der Waals surface area contributed by atoms with Crippen molar-refractivity contribution in [3.63, 3.8) is 0 Å². The molecule has 0 atom stereocenters. The molecule has 0 unspecified atom stereocenters. The molecule has 7 nitrogen and oxygen atoms in total. The van der Waals surface area contributed by atoms with Gasteiger partial charge in [-0.25, -0.2) is 9.78 Å². The normalized spacial score (nSPS) is 17.0. The van der Waals surface area contributed by atoms with Gasteiger partial charge in [-0.2, -0.15) is 0 Å². The molecule has 132 valence electrons. The average Bonchev–Trinajstić information content (AvgIpc) is 2.92. The van der Waals surface area contributed by atoms with E-state index in [4.69, 9.17) is 0 Å². The number of rotatable bonds is 4. The van der Waals surface area contributed by atoms with E-state index in [0.717, 1.165) is 44.3 Å². The molecule has 0 saturated carbocycles. The molecule has 1 aliphatic rings. The highest BCUT2D eigenvalue weighted by Crippen LogP contribution is 2.19. The van der Waals surface area contributed by atoms with Crippen molar-refractivity contribution in [3.8, 4) is 0 Å². The number of hydrogen-bond acceptors (Lipinski definition) is 4. The van der Waals surface area contributed by atoms with Gasteiger partial charge in [-0.3, -0.25) is 18.8 Å². The standard InChI is InChI=1S/C17H27N5O2/c1-5-8-22-13(11-21-9-6-12(2)7-10-21)18-15-14(22)16(23)20(4)17(24)19(15)3/h12H,5-11H2,1-4H3. The minimum Gasteiger partial charge on any atom is -0.321 e. The topological polar surface area (TPSA) is 65.1 Å². The summed E-state index contributed by atoms with van der Waals surface area (Å²) in [5.41, 5.74) is 0.457. The molecule has 2 aromatic heterocycles. The molecule has 0 amide bonds. The molecule has 3 rings (SSSR count). The van der Waals surface area contributed by atoms with Crippen molar-refractivity contribution < 1.29 is 0 Å². The van der Waals surface area contributed by atoms with Crippen LogP contribution in [0.3, 0.4) is 0 Å². The zero-order chi connectivity index (χ0) is 17.4. The molecule has 1 fully saturated rings. The molecule has 0 aromatic carbocycles. The molecular formula is C17H27N5O2. The predicted octanol–water partition coefficient (Wildman–Crippen LogP) is 1.08. The molecule has 1 saturated heterocycles. The molecule has 3 heterocycles. The second-order valence-corrected chi connectivity index (χ2v) is 7.02. The first-order valence-corrected chi connectivity index (χ1v) is 8.81. The summed E-state index contributed by atoms with van der Waals surface area (Å²) in [5.74, 6) is 1.67. The first-order valence-electron chi connectivity index (χ1n) is 8.81. The van der Waals surface area contributed by atoms with Crippen LogP contribution in [0.4, 0.5) is 0 Å². The summed E-state index contributed by atoms with van der Waals surface area (Å²) in [7, 11) is 3.21. The maximum atomic E-state index is 12.6. The quantitative estimate of drug-likeness (QED) is 0.840. The number of hydrogen-bond donors (Lipinski definition) is 0. The van der Waals surface area contributed by atoms with Crippen molar-refractivity contribution in [2.24, 2.45) is 20.0 Å². The van der Waals surface area contributed by atoms with Crippen LogP contribution < -0.4 is 11.2 Å². The van der Waals surface area contributed by atoms with Gasteiger partial charge in [0.1, 0.15) is 5.82 Å². The lowest BCUT2D eigenvalue weighted by Gasteiger charge is -2.29. The first kappa shape index (κ1) is 17.0. The summed E-state index contributed by atoms with van der Waals surface area (Å²) in [4.78, 5) is 31.9. The summed E-state index contributed by atoms with van der Waals surface area (Å²) < 4.78 is 4.66. The zero-order valence-corrected chi connectivity index (χ0v) is 15.1. The fourth-order valence-corrected chi connectivity index (χ4v) is 3.50. The predicted molar refractivity (Wildman–Crippen MR) is 94.2 cm³/mol. The Morgan fingerprint density at radius 1 is 1.12 bits per heavy atom. The van der Waals surface area contributed by atoms with E-state index in [0.29, 0.717) is 11.2 Å². The highest BCUT2D eigenvalue weighted by atomic mass is 16.2. The van der Waals surface area contributed by atoms with Gasteiger partial charge in [0.15, 0.2) is 11.2 Å². The van der Waals surface area contributed by atoms with E-state index in [1.165, 1.54) is 29.0 Å². The SMILES string of the molecule is CCCn1c(CN2CCC(C)CC2)nc2c1c(=O)n(C)c(=O)n2C. The van der Waals surface area contributed by atoms with E-state index >= 15 is 0 Å². The molecule has 0 aliphatic carbocycles. The number of piperidine rings is 1. The fraction of sp³-hybridized carbons (Fsp3) is 0.706. The van der Waals surface area contributed by atoms with Gasteiger partial charge in [-0.1, -0.05) is 13.8 Å². The van der Waals surface area contributed by atoms with Gasteiger partial charge in [0, 0.05) is 20.6 Å². The molecule has 0 radical (unpaired) electrons. The van der Waals surface area contributed by atoms with E-state index in [2.05, 4.69) is 23.7 Å². The summed E-state index contributed by atoms with van der Waals surface area (Å²) in [6.07, 6.45) is 3.32. The third kappa shape index (κ3) is 2.81. The summed E-state index contributed by atoms with van der Waals surface area (Å²) >= 11 is 0. The van der Waals surface area contributed by atoms with Crippen LogP contribution in [0.25, 0.3) is 11.2 Å².